The standard InChI is InChI=1S/C30H40N4/c1(2-20-34-21-6-16-32-18-17-31-14-5-15-33-19-22-34)7-26-23-27-10-3-8-24-12-13-25-9-4-11-28(26)30(25)29(24)27/h3-4,8-13,23,31-33H,1-2,5-7,14-22H2. The Balaban J connectivity index is 1.21. The molecular formula is C30H40N4. The van der Waals surface area contributed by atoms with Crippen molar-refractivity contribution >= 4 is 32.3 Å². The number of nitrogens with zero attached hydrogens (tertiary/aromatic N) is 1. The van der Waals surface area contributed by atoms with Crippen molar-refractivity contribution in [1.82, 2.24) is 20.9 Å². The van der Waals surface area contributed by atoms with Gasteiger partial charge in [0.05, 0.1) is 0 Å². The molecule has 4 heteroatoms. The van der Waals surface area contributed by atoms with Crippen LogP contribution in [0.1, 0.15) is 31.2 Å². The fraction of sp³-hybridized carbons (Fsp3) is 0.467. The smallest absolute Gasteiger partial charge is 0.0107 e. The Bertz CT molecular complexity index is 1160. The molecule has 3 N–H and O–H groups in total. The molecule has 34 heavy (non-hydrogen) atoms. The molecule has 1 fully saturated rings. The molecule has 0 aromatic heterocycles. The minimum absolute atomic E-state index is 1.08. The van der Waals surface area contributed by atoms with E-state index in [9.17, 15) is 0 Å². The highest BCUT2D eigenvalue weighted by atomic mass is 15.1. The maximum absolute atomic E-state index is 3.64. The maximum Gasteiger partial charge on any atom is 0.0107 e. The van der Waals surface area contributed by atoms with Gasteiger partial charge in [-0.3, -0.25) is 0 Å². The molecule has 1 aliphatic rings. The first-order valence-corrected chi connectivity index (χ1v) is 13.4. The predicted molar refractivity (Wildman–Crippen MR) is 147 cm³/mol. The third-order valence-corrected chi connectivity index (χ3v) is 7.38. The van der Waals surface area contributed by atoms with Crippen LogP contribution in [0, 0.1) is 0 Å². The van der Waals surface area contributed by atoms with E-state index in [1.54, 1.807) is 0 Å². The van der Waals surface area contributed by atoms with Crippen molar-refractivity contribution in [2.45, 2.75) is 32.1 Å². The SMILES string of the molecule is c1cc2ccc3cccc4c(CCCCN5CCCNCCNCCCNCC5)cc(c1)c2c34. The minimum Gasteiger partial charge on any atom is -0.315 e. The summed E-state index contributed by atoms with van der Waals surface area (Å²) in [4.78, 5) is 2.67. The van der Waals surface area contributed by atoms with E-state index in [-0.39, 0.29) is 0 Å². The largest absolute Gasteiger partial charge is 0.315 e. The molecule has 0 aliphatic carbocycles. The number of benzene rings is 4. The van der Waals surface area contributed by atoms with Gasteiger partial charge >= 0.3 is 0 Å². The molecule has 1 saturated heterocycles. The van der Waals surface area contributed by atoms with E-state index in [0.29, 0.717) is 0 Å². The zero-order chi connectivity index (χ0) is 23.0. The lowest BCUT2D eigenvalue weighted by Gasteiger charge is -2.23. The van der Waals surface area contributed by atoms with Crippen LogP contribution in [0.3, 0.4) is 0 Å². The normalized spacial score (nSPS) is 18.0. The Kier molecular flexibility index (Phi) is 8.25. The minimum atomic E-state index is 1.08. The Hall–Kier alpha value is -2.24. The van der Waals surface area contributed by atoms with E-state index < -0.39 is 0 Å². The average molecular weight is 457 g/mol. The van der Waals surface area contributed by atoms with Crippen molar-refractivity contribution < 1.29 is 0 Å². The van der Waals surface area contributed by atoms with Crippen molar-refractivity contribution in [1.29, 1.82) is 0 Å². The third kappa shape index (κ3) is 5.69. The van der Waals surface area contributed by atoms with Crippen molar-refractivity contribution in [2.24, 2.45) is 0 Å². The van der Waals surface area contributed by atoms with Gasteiger partial charge in [-0.25, -0.2) is 0 Å². The summed E-state index contributed by atoms with van der Waals surface area (Å²) in [5, 5.41) is 19.2. The van der Waals surface area contributed by atoms with Crippen LogP contribution in [-0.4, -0.2) is 63.8 Å². The second-order valence-corrected chi connectivity index (χ2v) is 9.84. The second-order valence-electron chi connectivity index (χ2n) is 9.84. The Labute approximate surface area is 204 Å². The van der Waals surface area contributed by atoms with Crippen molar-refractivity contribution in [3.63, 3.8) is 0 Å². The summed E-state index contributed by atoms with van der Waals surface area (Å²) >= 11 is 0. The molecule has 0 atom stereocenters. The van der Waals surface area contributed by atoms with Crippen LogP contribution < -0.4 is 16.0 Å². The quantitative estimate of drug-likeness (QED) is 0.299. The molecule has 1 heterocycles. The summed E-state index contributed by atoms with van der Waals surface area (Å²) in [6.07, 6.45) is 6.10. The summed E-state index contributed by atoms with van der Waals surface area (Å²) < 4.78 is 0. The fourth-order valence-electron chi connectivity index (χ4n) is 5.59. The van der Waals surface area contributed by atoms with Crippen LogP contribution in [-0.2, 0) is 6.42 Å². The van der Waals surface area contributed by atoms with Crippen LogP contribution >= 0.6 is 0 Å². The Morgan fingerprint density at radius 3 is 2.18 bits per heavy atom. The summed E-state index contributed by atoms with van der Waals surface area (Å²) in [7, 11) is 0. The van der Waals surface area contributed by atoms with Crippen LogP contribution in [0.15, 0.2) is 54.6 Å². The lowest BCUT2D eigenvalue weighted by molar-refractivity contribution is 0.262. The van der Waals surface area contributed by atoms with Gasteiger partial charge in [0.2, 0.25) is 0 Å². The molecule has 0 amide bonds. The molecule has 4 aromatic carbocycles. The molecule has 4 nitrogen and oxygen atoms in total. The predicted octanol–water partition coefficient (Wildman–Crippen LogP) is 4.77. The van der Waals surface area contributed by atoms with Crippen LogP contribution in [0.5, 0.6) is 0 Å². The van der Waals surface area contributed by atoms with Gasteiger partial charge in [-0.2, -0.15) is 0 Å². The van der Waals surface area contributed by atoms with Crippen molar-refractivity contribution in [2.75, 3.05) is 58.9 Å². The number of hydrogen-bond acceptors (Lipinski definition) is 4. The second kappa shape index (κ2) is 11.9. The molecular weight excluding hydrogens is 416 g/mol. The topological polar surface area (TPSA) is 39.3 Å². The summed E-state index contributed by atoms with van der Waals surface area (Å²) in [5.74, 6) is 0. The molecule has 0 unspecified atom stereocenters. The van der Waals surface area contributed by atoms with Crippen LogP contribution in [0.4, 0.5) is 0 Å². The molecule has 1 aliphatic heterocycles. The lowest BCUT2D eigenvalue weighted by atomic mass is 9.90. The Morgan fingerprint density at radius 2 is 1.32 bits per heavy atom. The molecule has 5 rings (SSSR count). The van der Waals surface area contributed by atoms with E-state index in [2.05, 4.69) is 75.4 Å². The maximum atomic E-state index is 3.64. The summed E-state index contributed by atoms with van der Waals surface area (Å²) in [6.45, 7) is 10.1. The van der Waals surface area contributed by atoms with Crippen molar-refractivity contribution in [3.8, 4) is 0 Å². The number of rotatable bonds is 5. The van der Waals surface area contributed by atoms with Crippen LogP contribution in [0.2, 0.25) is 0 Å². The Morgan fingerprint density at radius 1 is 0.618 bits per heavy atom. The average Bonchev–Trinajstić information content (AvgIpc) is 2.87. The van der Waals surface area contributed by atoms with Gasteiger partial charge in [-0.1, -0.05) is 54.6 Å². The highest BCUT2D eigenvalue weighted by molar-refractivity contribution is 6.23. The lowest BCUT2D eigenvalue weighted by Crippen LogP contribution is -2.37. The monoisotopic (exact) mass is 456 g/mol. The fourth-order valence-corrected chi connectivity index (χ4v) is 5.59. The highest BCUT2D eigenvalue weighted by Gasteiger charge is 2.12. The van der Waals surface area contributed by atoms with E-state index >= 15 is 0 Å². The van der Waals surface area contributed by atoms with E-state index in [4.69, 9.17) is 0 Å². The van der Waals surface area contributed by atoms with Gasteiger partial charge in [-0.15, -0.1) is 0 Å². The van der Waals surface area contributed by atoms with Crippen molar-refractivity contribution in [3.05, 3.63) is 60.2 Å². The molecule has 180 valence electrons. The number of unbranched alkanes of at least 4 members (excludes halogenated alkanes) is 1. The molecule has 0 spiro atoms. The summed E-state index contributed by atoms with van der Waals surface area (Å²) in [6, 6.07) is 20.6. The molecule has 0 saturated carbocycles. The van der Waals surface area contributed by atoms with Gasteiger partial charge in [0.25, 0.3) is 0 Å². The first kappa shape index (κ1) is 23.5. The first-order chi connectivity index (χ1) is 16.9. The first-order valence-electron chi connectivity index (χ1n) is 13.4. The van der Waals surface area contributed by atoms with Gasteiger partial charge in [0.1, 0.15) is 0 Å². The number of hydrogen-bond donors (Lipinski definition) is 3. The molecule has 4 aromatic rings. The molecule has 0 radical (unpaired) electrons. The number of nitrogens with one attached hydrogen (secondary N) is 3. The van der Waals surface area contributed by atoms with Gasteiger partial charge in [0.15, 0.2) is 0 Å². The van der Waals surface area contributed by atoms with E-state index in [1.807, 2.05) is 0 Å². The number of aryl methyl sites for hydroxylation is 1. The van der Waals surface area contributed by atoms with E-state index in [0.717, 1.165) is 52.2 Å². The zero-order valence-corrected chi connectivity index (χ0v) is 20.5. The van der Waals surface area contributed by atoms with Gasteiger partial charge in [0, 0.05) is 26.2 Å². The van der Waals surface area contributed by atoms with E-state index in [1.165, 1.54) is 76.7 Å². The van der Waals surface area contributed by atoms with Crippen LogP contribution in [0.25, 0.3) is 32.3 Å². The van der Waals surface area contributed by atoms with Gasteiger partial charge in [-0.05, 0) is 103 Å². The van der Waals surface area contributed by atoms with Gasteiger partial charge < -0.3 is 20.9 Å². The highest BCUT2D eigenvalue weighted by Crippen LogP contribution is 2.36. The molecule has 0 bridgehead atoms. The summed E-state index contributed by atoms with van der Waals surface area (Å²) in [5.41, 5.74) is 1.51. The third-order valence-electron chi connectivity index (χ3n) is 7.38. The zero-order valence-electron chi connectivity index (χ0n) is 20.5.